The zero-order chi connectivity index (χ0) is 14.7. The minimum atomic E-state index is -2.64. The van der Waals surface area contributed by atoms with E-state index in [1.807, 2.05) is 86.5 Å². The van der Waals surface area contributed by atoms with E-state index in [1.54, 1.807) is 0 Å². The van der Waals surface area contributed by atoms with E-state index in [-0.39, 0.29) is 0 Å². The quantitative estimate of drug-likeness (QED) is 0.745. The first kappa shape index (κ1) is 15.0. The number of hydrogen-bond donors (Lipinski definition) is 0. The molecule has 0 fully saturated rings. The summed E-state index contributed by atoms with van der Waals surface area (Å²) >= 11 is -2.64. The van der Waals surface area contributed by atoms with Crippen molar-refractivity contribution in [1.29, 1.82) is 0 Å². The molecule has 0 aliphatic heterocycles. The molecule has 0 N–H and O–H groups in total. The van der Waals surface area contributed by atoms with Crippen LogP contribution in [0.2, 0.25) is 0 Å². The van der Waals surface area contributed by atoms with Crippen LogP contribution in [0.15, 0.2) is 48.5 Å². The predicted octanol–water partition coefficient (Wildman–Crippen LogP) is 1.35. The molecule has 2 aromatic carbocycles. The molecule has 0 aromatic heterocycles. The molecule has 0 radical (unpaired) electrons. The normalized spacial score (nSPS) is 10.7. The third kappa shape index (κ3) is 3.39. The van der Waals surface area contributed by atoms with Crippen LogP contribution in [0, 0.1) is 0 Å². The maximum atomic E-state index is 12.6. The molecular formula is C16H20N2OTe. The third-order valence-electron chi connectivity index (χ3n) is 3.13. The number of rotatable bonds is 4. The number of nitrogens with zero attached hydrogens (tertiary/aromatic N) is 2. The van der Waals surface area contributed by atoms with Gasteiger partial charge in [-0.2, -0.15) is 0 Å². The molecule has 3 nitrogen and oxygen atoms in total. The van der Waals surface area contributed by atoms with Crippen molar-refractivity contribution in [2.45, 2.75) is 0 Å². The van der Waals surface area contributed by atoms with E-state index in [0.29, 0.717) is 0 Å². The third-order valence-corrected chi connectivity index (χ3v) is 7.13. The Labute approximate surface area is 127 Å². The van der Waals surface area contributed by atoms with Gasteiger partial charge in [0.15, 0.2) is 0 Å². The SMILES string of the molecule is CN(C)c1ccc([Te](=O)c2ccc(N(C)C)cc2)cc1. The van der Waals surface area contributed by atoms with Crippen molar-refractivity contribution in [2.24, 2.45) is 0 Å². The first-order chi connectivity index (χ1) is 9.49. The molecule has 4 heteroatoms. The number of hydrogen-bond acceptors (Lipinski definition) is 3. The van der Waals surface area contributed by atoms with Gasteiger partial charge in [-0.05, 0) is 0 Å². The molecule has 0 aliphatic carbocycles. The van der Waals surface area contributed by atoms with Crippen molar-refractivity contribution >= 4 is 38.1 Å². The molecule has 106 valence electrons. The summed E-state index contributed by atoms with van der Waals surface area (Å²) in [7, 11) is 8.01. The van der Waals surface area contributed by atoms with E-state index in [9.17, 15) is 3.10 Å². The fourth-order valence-electron chi connectivity index (χ4n) is 1.87. The van der Waals surface area contributed by atoms with Crippen LogP contribution in [0.5, 0.6) is 0 Å². The van der Waals surface area contributed by atoms with Crippen molar-refractivity contribution < 1.29 is 3.10 Å². The van der Waals surface area contributed by atoms with Crippen LogP contribution >= 0.6 is 0 Å². The second kappa shape index (κ2) is 6.39. The summed E-state index contributed by atoms with van der Waals surface area (Å²) in [6.45, 7) is 0. The Bertz CT molecular complexity index is 535. The van der Waals surface area contributed by atoms with Gasteiger partial charge in [0.25, 0.3) is 0 Å². The van der Waals surface area contributed by atoms with Gasteiger partial charge in [0.1, 0.15) is 0 Å². The van der Waals surface area contributed by atoms with Gasteiger partial charge >= 0.3 is 128 Å². The summed E-state index contributed by atoms with van der Waals surface area (Å²) < 4.78 is 14.6. The van der Waals surface area contributed by atoms with Crippen LogP contribution in [0.1, 0.15) is 0 Å². The molecule has 20 heavy (non-hydrogen) atoms. The van der Waals surface area contributed by atoms with Gasteiger partial charge in [-0.15, -0.1) is 0 Å². The van der Waals surface area contributed by atoms with E-state index in [2.05, 4.69) is 0 Å². The predicted molar refractivity (Wildman–Crippen MR) is 87.2 cm³/mol. The van der Waals surface area contributed by atoms with Gasteiger partial charge in [0, 0.05) is 0 Å². The molecule has 0 spiro atoms. The van der Waals surface area contributed by atoms with Gasteiger partial charge in [-0.1, -0.05) is 0 Å². The molecule has 0 unspecified atom stereocenters. The van der Waals surface area contributed by atoms with Crippen molar-refractivity contribution in [2.75, 3.05) is 38.0 Å². The number of benzene rings is 2. The second-order valence-corrected chi connectivity index (χ2v) is 9.27. The zero-order valence-electron chi connectivity index (χ0n) is 12.3. The summed E-state index contributed by atoms with van der Waals surface area (Å²) in [5.74, 6) is 0. The Hall–Kier alpha value is -1.37. The first-order valence-electron chi connectivity index (χ1n) is 6.45. The number of anilines is 2. The van der Waals surface area contributed by atoms with Crippen LogP contribution < -0.4 is 17.0 Å². The van der Waals surface area contributed by atoms with Gasteiger partial charge in [-0.25, -0.2) is 0 Å². The van der Waals surface area contributed by atoms with E-state index >= 15 is 0 Å². The maximum absolute atomic E-state index is 12.6. The average Bonchev–Trinajstić information content (AvgIpc) is 2.46. The van der Waals surface area contributed by atoms with Crippen LogP contribution in [-0.2, 0) is 3.10 Å². The van der Waals surface area contributed by atoms with E-state index in [1.165, 1.54) is 0 Å². The summed E-state index contributed by atoms with van der Waals surface area (Å²) in [6, 6.07) is 16.0. The van der Waals surface area contributed by atoms with Gasteiger partial charge in [-0.3, -0.25) is 0 Å². The summed E-state index contributed by atoms with van der Waals surface area (Å²) in [5.41, 5.74) is 2.26. The standard InChI is InChI=1S/C16H20N2OTe/c1-17(2)13-5-9-15(10-6-13)20(19)16-11-7-14(8-12-16)18(3)4/h5-12H,1-4H3. The fraction of sp³-hybridized carbons (Fsp3) is 0.250. The van der Waals surface area contributed by atoms with Crippen molar-refractivity contribution in [3.05, 3.63) is 48.5 Å². The Morgan fingerprint density at radius 2 is 0.950 bits per heavy atom. The Balaban J connectivity index is 2.22. The van der Waals surface area contributed by atoms with Crippen LogP contribution in [0.4, 0.5) is 11.4 Å². The molecule has 0 amide bonds. The Kier molecular flexibility index (Phi) is 4.80. The summed E-state index contributed by atoms with van der Waals surface area (Å²) in [4.78, 5) is 4.08. The van der Waals surface area contributed by atoms with E-state index in [4.69, 9.17) is 0 Å². The van der Waals surface area contributed by atoms with Crippen molar-refractivity contribution in [3.8, 4) is 0 Å². The molecule has 0 heterocycles. The molecule has 0 saturated heterocycles. The van der Waals surface area contributed by atoms with Gasteiger partial charge in [0.05, 0.1) is 0 Å². The average molecular weight is 384 g/mol. The molecule has 0 bridgehead atoms. The van der Waals surface area contributed by atoms with Crippen LogP contribution in [0.25, 0.3) is 0 Å². The van der Waals surface area contributed by atoms with Crippen molar-refractivity contribution in [1.82, 2.24) is 0 Å². The summed E-state index contributed by atoms with van der Waals surface area (Å²) in [5, 5.41) is 0. The molecule has 0 saturated carbocycles. The molecule has 0 atom stereocenters. The monoisotopic (exact) mass is 386 g/mol. The molecule has 2 aromatic rings. The minimum absolute atomic E-state index is 0.969. The van der Waals surface area contributed by atoms with Crippen LogP contribution in [0.3, 0.4) is 0 Å². The second-order valence-electron chi connectivity index (χ2n) is 5.05. The van der Waals surface area contributed by atoms with E-state index < -0.39 is 19.5 Å². The first-order valence-corrected chi connectivity index (χ1v) is 9.74. The Morgan fingerprint density at radius 3 is 1.20 bits per heavy atom. The zero-order valence-corrected chi connectivity index (χ0v) is 14.7. The van der Waals surface area contributed by atoms with Crippen molar-refractivity contribution in [3.63, 3.8) is 0 Å². The fourth-order valence-corrected chi connectivity index (χ4v) is 4.84. The Morgan fingerprint density at radius 1 is 0.650 bits per heavy atom. The van der Waals surface area contributed by atoms with Gasteiger partial charge < -0.3 is 0 Å². The molecule has 0 aliphatic rings. The molecule has 2 rings (SSSR count). The molecular weight excluding hydrogens is 364 g/mol. The van der Waals surface area contributed by atoms with Crippen LogP contribution in [-0.4, -0.2) is 47.7 Å². The topological polar surface area (TPSA) is 23.6 Å². The van der Waals surface area contributed by atoms with E-state index in [0.717, 1.165) is 18.6 Å². The van der Waals surface area contributed by atoms with Gasteiger partial charge in [0.2, 0.25) is 0 Å². The summed E-state index contributed by atoms with van der Waals surface area (Å²) in [6.07, 6.45) is 0.